The number of anilines is 2. The highest BCUT2D eigenvalue weighted by atomic mass is 35.5. The number of hydrogen-bond donors (Lipinski definition) is 2. The van der Waals surface area contributed by atoms with E-state index in [9.17, 15) is 13.2 Å². The Morgan fingerprint density at radius 1 is 1.36 bits per heavy atom. The number of halogens is 2. The van der Waals surface area contributed by atoms with Crippen molar-refractivity contribution < 1.29 is 22.4 Å². The SMILES string of the molecule is CNCCN(C)[C@H]1CCCC[C@@H]1Nc1cc(F)c(S(=O)(=O)N(OC=O)c2nccs2)cc1Cl. The van der Waals surface area contributed by atoms with Crippen LogP contribution in [0, 0.1) is 5.82 Å². The Balaban J connectivity index is 1.87. The lowest BCUT2D eigenvalue weighted by atomic mass is 9.89. The summed E-state index contributed by atoms with van der Waals surface area (Å²) in [6.07, 6.45) is 5.36. The van der Waals surface area contributed by atoms with Crippen LogP contribution in [0.3, 0.4) is 0 Å². The predicted molar refractivity (Wildman–Crippen MR) is 127 cm³/mol. The first-order valence-electron chi connectivity index (χ1n) is 10.4. The number of sulfonamides is 1. The number of nitrogens with one attached hydrogen (secondary N) is 2. The number of nitrogens with zero attached hydrogens (tertiary/aromatic N) is 3. The minimum Gasteiger partial charge on any atom is -0.379 e. The van der Waals surface area contributed by atoms with Crippen molar-refractivity contribution in [2.75, 3.05) is 37.0 Å². The van der Waals surface area contributed by atoms with Crippen molar-refractivity contribution in [1.82, 2.24) is 15.2 Å². The molecular formula is C20H27ClFN5O4S2. The van der Waals surface area contributed by atoms with Gasteiger partial charge in [0.05, 0.1) is 10.7 Å². The molecule has 182 valence electrons. The zero-order valence-electron chi connectivity index (χ0n) is 18.3. The molecule has 1 aliphatic rings. The van der Waals surface area contributed by atoms with Gasteiger partial charge in [0, 0.05) is 36.8 Å². The maximum absolute atomic E-state index is 15.1. The molecule has 1 aromatic heterocycles. The van der Waals surface area contributed by atoms with Crippen LogP contribution in [-0.2, 0) is 19.7 Å². The van der Waals surface area contributed by atoms with E-state index in [0.29, 0.717) is 5.69 Å². The van der Waals surface area contributed by atoms with Gasteiger partial charge < -0.3 is 20.4 Å². The van der Waals surface area contributed by atoms with Crippen molar-refractivity contribution in [1.29, 1.82) is 0 Å². The minimum atomic E-state index is -4.60. The molecule has 3 rings (SSSR count). The van der Waals surface area contributed by atoms with Gasteiger partial charge in [-0.15, -0.1) is 11.3 Å². The Morgan fingerprint density at radius 3 is 2.79 bits per heavy atom. The maximum atomic E-state index is 15.1. The fraction of sp³-hybridized carbons (Fsp3) is 0.500. The summed E-state index contributed by atoms with van der Waals surface area (Å²) in [5.41, 5.74) is 0.309. The summed E-state index contributed by atoms with van der Waals surface area (Å²) in [6, 6.07) is 2.35. The summed E-state index contributed by atoms with van der Waals surface area (Å²) in [5, 5.41) is 7.85. The molecule has 1 aromatic carbocycles. The highest BCUT2D eigenvalue weighted by molar-refractivity contribution is 7.92. The second-order valence-corrected chi connectivity index (χ2v) is 10.7. The van der Waals surface area contributed by atoms with Gasteiger partial charge in [0.1, 0.15) is 10.7 Å². The number of rotatable bonds is 11. The molecule has 2 N–H and O–H groups in total. The molecule has 1 aliphatic carbocycles. The van der Waals surface area contributed by atoms with E-state index in [2.05, 4.69) is 32.4 Å². The average Bonchev–Trinajstić information content (AvgIpc) is 3.32. The number of thiazole rings is 1. The van der Waals surface area contributed by atoms with Crippen molar-refractivity contribution in [3.63, 3.8) is 0 Å². The van der Waals surface area contributed by atoms with Crippen LogP contribution < -0.4 is 15.1 Å². The maximum Gasteiger partial charge on any atom is 0.322 e. The van der Waals surface area contributed by atoms with Gasteiger partial charge in [-0.3, -0.25) is 4.79 Å². The Morgan fingerprint density at radius 2 is 2.12 bits per heavy atom. The molecule has 2 aromatic rings. The van der Waals surface area contributed by atoms with Crippen molar-refractivity contribution in [2.24, 2.45) is 0 Å². The van der Waals surface area contributed by atoms with E-state index in [1.165, 1.54) is 11.6 Å². The highest BCUT2D eigenvalue weighted by Crippen LogP contribution is 2.34. The number of aromatic nitrogens is 1. The lowest BCUT2D eigenvalue weighted by molar-refractivity contribution is -0.128. The summed E-state index contributed by atoms with van der Waals surface area (Å²) in [7, 11) is -0.641. The van der Waals surface area contributed by atoms with E-state index in [4.69, 9.17) is 11.6 Å². The van der Waals surface area contributed by atoms with Crippen LogP contribution in [0.5, 0.6) is 0 Å². The molecule has 1 fully saturated rings. The Labute approximate surface area is 201 Å². The van der Waals surface area contributed by atoms with Crippen LogP contribution in [0.15, 0.2) is 28.6 Å². The number of likely N-dealkylation sites (N-methyl/N-ethyl adjacent to an activating group) is 2. The molecule has 13 heteroatoms. The topological polar surface area (TPSA) is 104 Å². The van der Waals surface area contributed by atoms with Crippen LogP contribution in [-0.4, -0.2) is 64.0 Å². The summed E-state index contributed by atoms with van der Waals surface area (Å²) in [6.45, 7) is 1.64. The van der Waals surface area contributed by atoms with E-state index < -0.39 is 20.7 Å². The normalized spacial score (nSPS) is 18.8. The largest absolute Gasteiger partial charge is 0.379 e. The summed E-state index contributed by atoms with van der Waals surface area (Å²) in [5.74, 6) is -1.02. The lowest BCUT2D eigenvalue weighted by Gasteiger charge is -2.39. The zero-order chi connectivity index (χ0) is 24.0. The molecule has 0 unspecified atom stereocenters. The van der Waals surface area contributed by atoms with Gasteiger partial charge in [0.2, 0.25) is 5.13 Å². The third-order valence-electron chi connectivity index (χ3n) is 5.58. The predicted octanol–water partition coefficient (Wildman–Crippen LogP) is 3.09. The average molecular weight is 520 g/mol. The van der Waals surface area contributed by atoms with Crippen molar-refractivity contribution in [2.45, 2.75) is 42.7 Å². The summed E-state index contributed by atoms with van der Waals surface area (Å²) < 4.78 is 41.4. The smallest absolute Gasteiger partial charge is 0.322 e. The Hall–Kier alpha value is -1.99. The third-order valence-corrected chi connectivity index (χ3v) is 8.32. The quantitative estimate of drug-likeness (QED) is 0.345. The molecule has 0 aliphatic heterocycles. The molecule has 0 amide bonds. The lowest BCUT2D eigenvalue weighted by Crippen LogP contribution is -2.48. The van der Waals surface area contributed by atoms with Gasteiger partial charge in [-0.25, -0.2) is 9.37 Å². The molecule has 1 saturated carbocycles. The van der Waals surface area contributed by atoms with Crippen LogP contribution >= 0.6 is 22.9 Å². The molecule has 0 bridgehead atoms. The molecule has 0 radical (unpaired) electrons. The molecule has 0 saturated heterocycles. The Kier molecular flexibility index (Phi) is 8.88. The van der Waals surface area contributed by atoms with Gasteiger partial charge >= 0.3 is 16.5 Å². The number of hydrogen-bond acceptors (Lipinski definition) is 9. The van der Waals surface area contributed by atoms with Crippen molar-refractivity contribution in [3.8, 4) is 0 Å². The van der Waals surface area contributed by atoms with E-state index in [1.54, 1.807) is 0 Å². The van der Waals surface area contributed by atoms with Gasteiger partial charge in [0.25, 0.3) is 0 Å². The van der Waals surface area contributed by atoms with Gasteiger partial charge in [-0.05, 0) is 39.1 Å². The van der Waals surface area contributed by atoms with E-state index in [0.717, 1.165) is 62.2 Å². The van der Waals surface area contributed by atoms with Gasteiger partial charge in [-0.1, -0.05) is 28.9 Å². The second-order valence-electron chi connectivity index (χ2n) is 7.70. The fourth-order valence-corrected chi connectivity index (χ4v) is 6.29. The first-order chi connectivity index (χ1) is 15.8. The number of carbonyl (C=O) groups is 1. The van der Waals surface area contributed by atoms with Gasteiger partial charge in [0.15, 0.2) is 0 Å². The number of benzene rings is 1. The second kappa shape index (κ2) is 11.4. The van der Waals surface area contributed by atoms with Crippen LogP contribution in [0.4, 0.5) is 15.2 Å². The van der Waals surface area contributed by atoms with E-state index in [1.807, 2.05) is 7.05 Å². The first-order valence-corrected chi connectivity index (χ1v) is 13.1. The van der Waals surface area contributed by atoms with Crippen LogP contribution in [0.25, 0.3) is 0 Å². The standard InChI is InChI=1S/C20H27ClFN5O4S2/c1-23-7-9-26(2)18-6-4-3-5-16(18)25-17-12-15(22)19(11-14(17)21)33(29,30)27(31-13-28)20-24-8-10-32-20/h8,10-13,16,18,23,25H,3-7,9H2,1-2H3/t16-,18-/m0/s1. The van der Waals surface area contributed by atoms with E-state index >= 15 is 4.39 Å². The number of carbonyl (C=O) groups excluding carboxylic acids is 1. The van der Waals surface area contributed by atoms with Gasteiger partial charge in [-0.2, -0.15) is 8.42 Å². The van der Waals surface area contributed by atoms with E-state index in [-0.39, 0.29) is 33.2 Å². The van der Waals surface area contributed by atoms with Crippen molar-refractivity contribution in [3.05, 3.63) is 34.5 Å². The Bertz CT molecular complexity index is 1040. The van der Waals surface area contributed by atoms with Crippen molar-refractivity contribution >= 4 is 50.3 Å². The minimum absolute atomic E-state index is 0.0326. The third kappa shape index (κ3) is 5.93. The highest BCUT2D eigenvalue weighted by Gasteiger charge is 2.34. The molecule has 2 atom stereocenters. The fourth-order valence-electron chi connectivity index (χ4n) is 3.94. The zero-order valence-corrected chi connectivity index (χ0v) is 20.7. The molecule has 1 heterocycles. The molecule has 9 nitrogen and oxygen atoms in total. The van der Waals surface area contributed by atoms with Crippen LogP contribution in [0.2, 0.25) is 5.02 Å². The summed E-state index contributed by atoms with van der Waals surface area (Å²) >= 11 is 7.30. The van der Waals surface area contributed by atoms with Crippen LogP contribution in [0.1, 0.15) is 25.7 Å². The molecule has 0 spiro atoms. The molecular weight excluding hydrogens is 493 g/mol. The summed E-state index contributed by atoms with van der Waals surface area (Å²) in [4.78, 5) is 20.8. The first kappa shape index (κ1) is 25.6. The molecule has 33 heavy (non-hydrogen) atoms. The monoisotopic (exact) mass is 519 g/mol.